The molecule has 0 unspecified atom stereocenters. The van der Waals surface area contributed by atoms with Crippen LogP contribution in [0.5, 0.6) is 0 Å². The van der Waals surface area contributed by atoms with Gasteiger partial charge in [-0.15, -0.1) is 0 Å². The highest BCUT2D eigenvalue weighted by molar-refractivity contribution is 6.10. The summed E-state index contributed by atoms with van der Waals surface area (Å²) in [5.74, 6) is 0. The first-order valence-electron chi connectivity index (χ1n) is 18.3. The smallest absolute Gasteiger partial charge is 0.143 e. The Kier molecular flexibility index (Phi) is 7.19. The van der Waals surface area contributed by atoms with E-state index < -0.39 is 0 Å². The van der Waals surface area contributed by atoms with Crippen LogP contribution >= 0.6 is 0 Å². The van der Waals surface area contributed by atoms with Crippen molar-refractivity contribution in [2.24, 2.45) is 0 Å². The molecular weight excluding hydrogens is 643 g/mol. The molecule has 0 fully saturated rings. The van der Waals surface area contributed by atoms with Gasteiger partial charge in [0, 0.05) is 38.8 Å². The Morgan fingerprint density at radius 3 is 1.74 bits per heavy atom. The first-order valence-corrected chi connectivity index (χ1v) is 18.3. The zero-order valence-corrected chi connectivity index (χ0v) is 29.8. The molecule has 53 heavy (non-hydrogen) atoms. The molecule has 2 nitrogen and oxygen atoms in total. The van der Waals surface area contributed by atoms with Crippen molar-refractivity contribution in [2.75, 3.05) is 4.90 Å². The maximum absolute atomic E-state index is 6.57. The Labute approximate surface area is 310 Å². The Balaban J connectivity index is 1.18. The topological polar surface area (TPSA) is 16.4 Å². The van der Waals surface area contributed by atoms with Gasteiger partial charge in [0.15, 0.2) is 0 Å². The molecule has 1 aromatic heterocycles. The number of hydrogen-bond acceptors (Lipinski definition) is 2. The van der Waals surface area contributed by atoms with E-state index >= 15 is 0 Å². The lowest BCUT2D eigenvalue weighted by Crippen LogP contribution is -2.16. The second kappa shape index (κ2) is 12.3. The molecule has 8 aromatic carbocycles. The number of anilines is 3. The lowest BCUT2D eigenvalue weighted by molar-refractivity contribution is 0.660. The minimum absolute atomic E-state index is 0.116. The molecule has 0 radical (unpaired) electrons. The molecule has 0 saturated heterocycles. The fourth-order valence-electron chi connectivity index (χ4n) is 8.43. The van der Waals surface area contributed by atoms with E-state index in [0.29, 0.717) is 0 Å². The van der Waals surface area contributed by atoms with Crippen molar-refractivity contribution in [1.82, 2.24) is 0 Å². The van der Waals surface area contributed by atoms with Crippen LogP contribution in [0.2, 0.25) is 0 Å². The van der Waals surface area contributed by atoms with Crippen LogP contribution in [0, 0.1) is 0 Å². The average Bonchev–Trinajstić information content (AvgIpc) is 3.71. The molecule has 10 rings (SSSR count). The van der Waals surface area contributed by atoms with Crippen molar-refractivity contribution in [3.63, 3.8) is 0 Å². The van der Waals surface area contributed by atoms with Gasteiger partial charge in [-0.25, -0.2) is 0 Å². The number of furan rings is 1. The van der Waals surface area contributed by atoms with Crippen LogP contribution in [0.25, 0.3) is 66.4 Å². The van der Waals surface area contributed by atoms with Crippen LogP contribution in [0.4, 0.5) is 17.1 Å². The zero-order chi connectivity index (χ0) is 35.5. The van der Waals surface area contributed by atoms with Gasteiger partial charge < -0.3 is 9.32 Å². The van der Waals surface area contributed by atoms with Gasteiger partial charge in [-0.2, -0.15) is 0 Å². The van der Waals surface area contributed by atoms with Gasteiger partial charge in [0.2, 0.25) is 0 Å². The predicted molar refractivity (Wildman–Crippen MR) is 222 cm³/mol. The molecule has 1 heterocycles. The second-order valence-electron chi connectivity index (χ2n) is 14.5. The van der Waals surface area contributed by atoms with Crippen molar-refractivity contribution < 1.29 is 4.42 Å². The molecule has 2 heteroatoms. The van der Waals surface area contributed by atoms with Gasteiger partial charge in [0.25, 0.3) is 0 Å². The maximum Gasteiger partial charge on any atom is 0.143 e. The summed E-state index contributed by atoms with van der Waals surface area (Å²) in [7, 11) is 0. The third-order valence-corrected chi connectivity index (χ3v) is 11.1. The van der Waals surface area contributed by atoms with E-state index in [4.69, 9.17) is 4.42 Å². The molecule has 9 aromatic rings. The molecule has 0 aliphatic heterocycles. The van der Waals surface area contributed by atoms with Crippen molar-refractivity contribution in [3.8, 4) is 44.5 Å². The number of rotatable bonds is 6. The largest absolute Gasteiger partial charge is 0.455 e. The maximum atomic E-state index is 6.57. The molecule has 0 amide bonds. The Bertz CT molecular complexity index is 2790. The Hall–Kier alpha value is -6.64. The SMILES string of the molecule is CC1(C)c2ccccc2-c2ccc(N(c3ccc(-c4ccccc4)cc3)c3ccc(-c4cccc5c4oc4ccccc45)c(-c4ccccc4)c3)cc21. The summed E-state index contributed by atoms with van der Waals surface area (Å²) >= 11 is 0. The van der Waals surface area contributed by atoms with Gasteiger partial charge >= 0.3 is 0 Å². The van der Waals surface area contributed by atoms with Crippen molar-refractivity contribution in [2.45, 2.75) is 19.3 Å². The van der Waals surface area contributed by atoms with Crippen molar-refractivity contribution in [3.05, 3.63) is 199 Å². The van der Waals surface area contributed by atoms with E-state index in [1.165, 1.54) is 33.4 Å². The first-order chi connectivity index (χ1) is 26.0. The van der Waals surface area contributed by atoms with Crippen LogP contribution in [-0.2, 0) is 5.41 Å². The molecule has 0 atom stereocenters. The van der Waals surface area contributed by atoms with E-state index in [0.717, 1.165) is 61.3 Å². The predicted octanol–water partition coefficient (Wildman–Crippen LogP) is 14.4. The third-order valence-electron chi connectivity index (χ3n) is 11.1. The molecule has 1 aliphatic rings. The van der Waals surface area contributed by atoms with Crippen molar-refractivity contribution >= 4 is 39.0 Å². The van der Waals surface area contributed by atoms with E-state index in [9.17, 15) is 0 Å². The number of nitrogens with zero attached hydrogens (tertiary/aromatic N) is 1. The summed E-state index contributed by atoms with van der Waals surface area (Å²) < 4.78 is 6.57. The quantitative estimate of drug-likeness (QED) is 0.174. The summed E-state index contributed by atoms with van der Waals surface area (Å²) in [6.07, 6.45) is 0. The summed E-state index contributed by atoms with van der Waals surface area (Å²) in [5, 5.41) is 2.26. The van der Waals surface area contributed by atoms with E-state index in [2.05, 4.69) is 201 Å². The number of para-hydroxylation sites is 2. The highest BCUT2D eigenvalue weighted by Crippen LogP contribution is 2.51. The van der Waals surface area contributed by atoms with Crippen LogP contribution in [-0.4, -0.2) is 0 Å². The lowest BCUT2D eigenvalue weighted by Gasteiger charge is -2.29. The summed E-state index contributed by atoms with van der Waals surface area (Å²) in [6, 6.07) is 67.8. The number of benzene rings is 8. The number of hydrogen-bond donors (Lipinski definition) is 0. The van der Waals surface area contributed by atoms with Gasteiger partial charge in [0.1, 0.15) is 11.2 Å². The standard InChI is InChI=1S/C51H37NO/c1-51(2)47-22-11-9-18-41(47)42-31-29-39(33-48(42)51)52(37-26-24-35(25-27-37)34-14-5-3-6-15-34)38-28-30-40(46(32-38)36-16-7-4-8-17-36)44-20-13-21-45-43-19-10-12-23-49(43)53-50(44)45/h3-33H,1-2H3. The highest BCUT2D eigenvalue weighted by atomic mass is 16.3. The fraction of sp³-hybridized carbons (Fsp3) is 0.0588. The summed E-state index contributed by atoms with van der Waals surface area (Å²) in [5.41, 5.74) is 17.3. The molecule has 0 spiro atoms. The molecular formula is C51H37NO. The van der Waals surface area contributed by atoms with Gasteiger partial charge in [-0.3, -0.25) is 0 Å². The Morgan fingerprint density at radius 2 is 0.943 bits per heavy atom. The summed E-state index contributed by atoms with van der Waals surface area (Å²) in [4.78, 5) is 2.41. The summed E-state index contributed by atoms with van der Waals surface area (Å²) in [6.45, 7) is 4.70. The van der Waals surface area contributed by atoms with Crippen molar-refractivity contribution in [1.29, 1.82) is 0 Å². The molecule has 252 valence electrons. The average molecular weight is 680 g/mol. The van der Waals surface area contributed by atoms with Crippen LogP contribution in [0.3, 0.4) is 0 Å². The van der Waals surface area contributed by atoms with Gasteiger partial charge in [0.05, 0.1) is 0 Å². The Morgan fingerprint density at radius 1 is 0.377 bits per heavy atom. The highest BCUT2D eigenvalue weighted by Gasteiger charge is 2.35. The lowest BCUT2D eigenvalue weighted by atomic mass is 9.82. The fourth-order valence-corrected chi connectivity index (χ4v) is 8.43. The van der Waals surface area contributed by atoms with E-state index in [1.54, 1.807) is 0 Å². The monoisotopic (exact) mass is 679 g/mol. The third kappa shape index (κ3) is 5.10. The molecule has 0 N–H and O–H groups in total. The van der Waals surface area contributed by atoms with E-state index in [-0.39, 0.29) is 5.41 Å². The normalized spacial score (nSPS) is 12.9. The van der Waals surface area contributed by atoms with Crippen LogP contribution < -0.4 is 4.90 Å². The molecule has 0 bridgehead atoms. The van der Waals surface area contributed by atoms with Crippen LogP contribution in [0.15, 0.2) is 192 Å². The van der Waals surface area contributed by atoms with Gasteiger partial charge in [-0.1, -0.05) is 159 Å². The van der Waals surface area contributed by atoms with E-state index in [1.807, 2.05) is 6.07 Å². The first kappa shape index (κ1) is 31.1. The molecule has 1 aliphatic carbocycles. The second-order valence-corrected chi connectivity index (χ2v) is 14.5. The van der Waals surface area contributed by atoms with Crippen LogP contribution in [0.1, 0.15) is 25.0 Å². The van der Waals surface area contributed by atoms with Gasteiger partial charge in [-0.05, 0) is 92.5 Å². The minimum atomic E-state index is -0.116. The minimum Gasteiger partial charge on any atom is -0.455 e. The molecule has 0 saturated carbocycles. The number of fused-ring (bicyclic) bond motifs is 6. The zero-order valence-electron chi connectivity index (χ0n) is 29.8.